The van der Waals surface area contributed by atoms with Crippen LogP contribution in [-0.2, 0) is 10.0 Å². The van der Waals surface area contributed by atoms with Gasteiger partial charge in [0, 0.05) is 35.1 Å². The van der Waals surface area contributed by atoms with Crippen molar-refractivity contribution in [2.24, 2.45) is 0 Å². The Morgan fingerprint density at radius 3 is 2.25 bits per heavy atom. The van der Waals surface area contributed by atoms with E-state index in [2.05, 4.69) is 41.9 Å². The number of nitrogens with one attached hydrogen (secondary N) is 2. The number of fused-ring (bicyclic) bond motifs is 3. The third-order valence-corrected chi connectivity index (χ3v) is 9.73. The molecule has 0 aliphatic heterocycles. The molecule has 0 aromatic heterocycles. The van der Waals surface area contributed by atoms with Gasteiger partial charge in [0.2, 0.25) is 15.9 Å². The van der Waals surface area contributed by atoms with Crippen molar-refractivity contribution >= 4 is 41.9 Å². The van der Waals surface area contributed by atoms with E-state index in [1.165, 1.54) is 13.2 Å². The molecule has 2 bridgehead atoms. The maximum Gasteiger partial charge on any atom is 0.245 e. The molecule has 1 aromatic carbocycles. The van der Waals surface area contributed by atoms with Gasteiger partial charge in [-0.25, -0.2) is 26.3 Å². The maximum atomic E-state index is 14.5. The number of ether oxygens (including phenoxy) is 1. The lowest BCUT2D eigenvalue weighted by atomic mass is 9.64. The second-order valence-corrected chi connectivity index (χ2v) is 12.5. The van der Waals surface area contributed by atoms with E-state index in [9.17, 15) is 21.6 Å². The van der Waals surface area contributed by atoms with Crippen LogP contribution >= 0.6 is 31.9 Å². The summed E-state index contributed by atoms with van der Waals surface area (Å²) in [5, 5.41) is 3.41. The van der Waals surface area contributed by atoms with Crippen molar-refractivity contribution in [1.82, 2.24) is 10.0 Å². The highest BCUT2D eigenvalue weighted by molar-refractivity contribution is 9.11. The Morgan fingerprint density at radius 1 is 1.12 bits per heavy atom. The monoisotopic (exact) mass is 604 g/mol. The van der Waals surface area contributed by atoms with Crippen LogP contribution in [0.3, 0.4) is 0 Å². The van der Waals surface area contributed by atoms with Crippen molar-refractivity contribution in [2.45, 2.75) is 86.4 Å². The van der Waals surface area contributed by atoms with Crippen LogP contribution in [0.4, 0.5) is 13.2 Å². The van der Waals surface area contributed by atoms with Gasteiger partial charge in [0.15, 0.2) is 0 Å². The summed E-state index contributed by atoms with van der Waals surface area (Å²) in [6, 6.07) is 2.19. The number of rotatable bonds is 10. The molecule has 0 saturated heterocycles. The molecule has 3 aliphatic rings. The highest BCUT2D eigenvalue weighted by Gasteiger charge is 2.48. The smallest absolute Gasteiger partial charge is 0.245 e. The average molecular weight is 606 g/mol. The molecule has 1 aromatic rings. The topological polar surface area (TPSA) is 67.4 Å². The number of alkyl halides is 3. The largest absolute Gasteiger partial charge is 0.496 e. The van der Waals surface area contributed by atoms with Gasteiger partial charge in [0.1, 0.15) is 11.4 Å². The zero-order valence-corrected chi connectivity index (χ0v) is 22.1. The summed E-state index contributed by atoms with van der Waals surface area (Å²) in [5.74, 6) is -2.58. The minimum Gasteiger partial charge on any atom is -0.496 e. The van der Waals surface area contributed by atoms with Crippen molar-refractivity contribution < 1.29 is 26.3 Å². The van der Waals surface area contributed by atoms with Crippen molar-refractivity contribution in [3.63, 3.8) is 0 Å². The number of halogens is 5. The van der Waals surface area contributed by atoms with Crippen molar-refractivity contribution in [1.29, 1.82) is 0 Å². The lowest BCUT2D eigenvalue weighted by Gasteiger charge is -2.50. The summed E-state index contributed by atoms with van der Waals surface area (Å²) in [4.78, 5) is -0.0403. The van der Waals surface area contributed by atoms with Crippen LogP contribution in [0.25, 0.3) is 0 Å². The lowest BCUT2D eigenvalue weighted by Crippen LogP contribution is -2.58. The fourth-order valence-corrected chi connectivity index (χ4v) is 7.67. The molecule has 3 saturated carbocycles. The first-order valence-electron chi connectivity index (χ1n) is 10.6. The standard InChI is InChI=1S/C21H29Br2F3N2O3S/c1-19(24,25)4-3-14(13-27-21-8-5-20(26,6-9-21)7-10-21)28-32(29,30)18-12-17(31-2)15(22)11-16(18)23/h11-12,14,27-28H,3-10,13H2,1-2H3/t14-,20?,21?/m1/s1. The molecule has 5 nitrogen and oxygen atoms in total. The fraction of sp³-hybridized carbons (Fsp3) is 0.714. The Hall–Kier alpha value is -0.360. The van der Waals surface area contributed by atoms with E-state index in [-0.39, 0.29) is 23.4 Å². The molecule has 2 N–H and O–H groups in total. The number of benzene rings is 1. The van der Waals surface area contributed by atoms with Crippen LogP contribution < -0.4 is 14.8 Å². The number of hydrogen-bond acceptors (Lipinski definition) is 4. The lowest BCUT2D eigenvalue weighted by molar-refractivity contribution is -0.0103. The summed E-state index contributed by atoms with van der Waals surface area (Å²) in [5.41, 5.74) is -1.34. The zero-order valence-electron chi connectivity index (χ0n) is 18.1. The first-order chi connectivity index (χ1) is 14.8. The molecule has 32 heavy (non-hydrogen) atoms. The van der Waals surface area contributed by atoms with E-state index < -0.39 is 34.1 Å². The molecule has 4 rings (SSSR count). The molecule has 0 spiro atoms. The van der Waals surface area contributed by atoms with Crippen molar-refractivity contribution in [3.05, 3.63) is 21.1 Å². The molecule has 11 heteroatoms. The van der Waals surface area contributed by atoms with Gasteiger partial charge in [-0.2, -0.15) is 0 Å². The number of hydrogen-bond donors (Lipinski definition) is 2. The molecule has 0 amide bonds. The highest BCUT2D eigenvalue weighted by Crippen LogP contribution is 2.49. The van der Waals surface area contributed by atoms with Crippen LogP contribution in [0.5, 0.6) is 5.75 Å². The molecule has 3 aliphatic carbocycles. The summed E-state index contributed by atoms with van der Waals surface area (Å²) in [7, 11) is -2.60. The third kappa shape index (κ3) is 6.40. The molecule has 182 valence electrons. The van der Waals surface area contributed by atoms with E-state index in [0.29, 0.717) is 53.2 Å². The van der Waals surface area contributed by atoms with Crippen LogP contribution in [0.15, 0.2) is 26.0 Å². The predicted octanol–water partition coefficient (Wildman–Crippen LogP) is 5.71. The van der Waals surface area contributed by atoms with Gasteiger partial charge in [-0.3, -0.25) is 0 Å². The van der Waals surface area contributed by atoms with Crippen LogP contribution in [0.1, 0.15) is 58.3 Å². The maximum absolute atomic E-state index is 14.5. The molecule has 1 atom stereocenters. The van der Waals surface area contributed by atoms with E-state index in [1.807, 2.05) is 0 Å². The van der Waals surface area contributed by atoms with Gasteiger partial charge in [-0.1, -0.05) is 0 Å². The van der Waals surface area contributed by atoms with E-state index in [0.717, 1.165) is 6.92 Å². The summed E-state index contributed by atoms with van der Waals surface area (Å²) < 4.78 is 76.6. The van der Waals surface area contributed by atoms with Crippen molar-refractivity contribution in [3.8, 4) is 5.75 Å². The Morgan fingerprint density at radius 2 is 1.72 bits per heavy atom. The normalized spacial score (nSPS) is 26.8. The predicted molar refractivity (Wildman–Crippen MR) is 125 cm³/mol. The molecule has 0 radical (unpaired) electrons. The molecular formula is C21H29Br2F3N2O3S. The first-order valence-corrected chi connectivity index (χ1v) is 13.7. The van der Waals surface area contributed by atoms with Crippen LogP contribution in [0, 0.1) is 0 Å². The number of methoxy groups -OCH3 is 1. The molecule has 0 heterocycles. The first kappa shape index (κ1) is 26.2. The second-order valence-electron chi connectivity index (χ2n) is 9.16. The van der Waals surface area contributed by atoms with Gasteiger partial charge < -0.3 is 10.1 Å². The van der Waals surface area contributed by atoms with Gasteiger partial charge in [0.25, 0.3) is 0 Å². The molecule has 3 fully saturated rings. The average Bonchev–Trinajstić information content (AvgIpc) is 2.70. The van der Waals surface area contributed by atoms with Crippen LogP contribution in [-0.4, -0.2) is 45.2 Å². The summed E-state index contributed by atoms with van der Waals surface area (Å²) in [6.07, 6.45) is 2.96. The molecular weight excluding hydrogens is 577 g/mol. The SMILES string of the molecule is COc1cc(S(=O)(=O)N[C@H](CCC(C)(F)F)CNC23CCC(F)(CC2)CC3)c(Br)cc1Br. The second kappa shape index (κ2) is 9.71. The Bertz CT molecular complexity index is 916. The Kier molecular flexibility index (Phi) is 7.97. The number of sulfonamides is 1. The van der Waals surface area contributed by atoms with E-state index in [4.69, 9.17) is 4.74 Å². The minimum atomic E-state index is -4.03. The van der Waals surface area contributed by atoms with E-state index in [1.54, 1.807) is 6.07 Å². The van der Waals surface area contributed by atoms with Gasteiger partial charge >= 0.3 is 0 Å². The molecule has 0 unspecified atom stereocenters. The zero-order chi connectivity index (χ0) is 23.8. The van der Waals surface area contributed by atoms with Crippen molar-refractivity contribution in [2.75, 3.05) is 13.7 Å². The summed E-state index contributed by atoms with van der Waals surface area (Å²) in [6.45, 7) is 1.02. The van der Waals surface area contributed by atoms with Crippen LogP contribution in [0.2, 0.25) is 0 Å². The quantitative estimate of drug-likeness (QED) is 0.359. The van der Waals surface area contributed by atoms with E-state index >= 15 is 0 Å². The van der Waals surface area contributed by atoms with Gasteiger partial charge in [0.05, 0.1) is 16.5 Å². The Labute approximate surface area is 204 Å². The highest BCUT2D eigenvalue weighted by atomic mass is 79.9. The minimum absolute atomic E-state index is 0.0376. The van der Waals surface area contributed by atoms with Gasteiger partial charge in [-0.05, 0) is 89.8 Å². The third-order valence-electron chi connectivity index (χ3n) is 6.63. The van der Waals surface area contributed by atoms with Gasteiger partial charge in [-0.15, -0.1) is 0 Å². The fourth-order valence-electron chi connectivity index (χ4n) is 4.53. The summed E-state index contributed by atoms with van der Waals surface area (Å²) >= 11 is 6.57. The Balaban J connectivity index is 1.76.